The van der Waals surface area contributed by atoms with Gasteiger partial charge in [0, 0.05) is 6.07 Å². The third kappa shape index (κ3) is 2.08. The Balaban J connectivity index is 3.06. The van der Waals surface area contributed by atoms with E-state index in [-0.39, 0.29) is 5.15 Å². The predicted octanol–water partition coefficient (Wildman–Crippen LogP) is 2.55. The second kappa shape index (κ2) is 2.70. The highest BCUT2D eigenvalue weighted by Crippen LogP contribution is 2.27. The quantitative estimate of drug-likeness (QED) is 0.559. The van der Waals surface area contributed by atoms with Crippen molar-refractivity contribution in [3.05, 3.63) is 29.0 Å². The molecule has 0 saturated heterocycles. The molecule has 0 aliphatic carbocycles. The Morgan fingerprint density at radius 1 is 1.45 bits per heavy atom. The first-order valence-electron chi connectivity index (χ1n) is 2.61. The van der Waals surface area contributed by atoms with Gasteiger partial charge < -0.3 is 0 Å². The van der Waals surface area contributed by atoms with Gasteiger partial charge in [-0.25, -0.2) is 4.98 Å². The van der Waals surface area contributed by atoms with Gasteiger partial charge in [-0.2, -0.15) is 13.2 Å². The molecule has 59 valence electrons. The number of alkyl halides is 3. The lowest BCUT2D eigenvalue weighted by Crippen LogP contribution is -2.07. The van der Waals surface area contributed by atoms with Gasteiger partial charge in [-0.05, 0) is 12.1 Å². The minimum Gasteiger partial charge on any atom is -0.231 e. The summed E-state index contributed by atoms with van der Waals surface area (Å²) in [4.78, 5) is 3.03. The van der Waals surface area contributed by atoms with Crippen molar-refractivity contribution in [2.75, 3.05) is 0 Å². The second-order valence-corrected chi connectivity index (χ2v) is 2.15. The van der Waals surface area contributed by atoms with Crippen molar-refractivity contribution >= 4 is 11.6 Å². The minimum absolute atomic E-state index is 0.184. The maximum atomic E-state index is 11.8. The van der Waals surface area contributed by atoms with E-state index in [0.717, 1.165) is 6.07 Å². The van der Waals surface area contributed by atoms with E-state index in [1.807, 2.05) is 6.07 Å². The van der Waals surface area contributed by atoms with E-state index in [4.69, 9.17) is 11.6 Å². The number of rotatable bonds is 0. The summed E-state index contributed by atoms with van der Waals surface area (Å²) in [6.45, 7) is 0. The van der Waals surface area contributed by atoms with Crippen LogP contribution in [0.25, 0.3) is 0 Å². The van der Waals surface area contributed by atoms with Crippen LogP contribution in [0.4, 0.5) is 13.2 Å². The zero-order valence-electron chi connectivity index (χ0n) is 5.11. The molecule has 0 aliphatic heterocycles. The van der Waals surface area contributed by atoms with Crippen molar-refractivity contribution in [1.29, 1.82) is 0 Å². The Bertz CT molecular complexity index is 258. The highest BCUT2D eigenvalue weighted by molar-refractivity contribution is 6.29. The molecule has 1 aromatic heterocycles. The van der Waals surface area contributed by atoms with E-state index in [2.05, 4.69) is 4.98 Å². The van der Waals surface area contributed by atoms with Crippen LogP contribution in [-0.2, 0) is 6.18 Å². The Labute approximate surface area is 65.8 Å². The van der Waals surface area contributed by atoms with Gasteiger partial charge in [-0.3, -0.25) is 0 Å². The molecule has 0 unspecified atom stereocenters. The van der Waals surface area contributed by atoms with E-state index in [1.165, 1.54) is 6.07 Å². The molecule has 0 spiro atoms. The normalized spacial score (nSPS) is 11.6. The molecular weight excluding hydrogens is 179 g/mol. The fourth-order valence-electron chi connectivity index (χ4n) is 0.511. The number of hydrogen-bond donors (Lipinski definition) is 0. The number of halogens is 4. The number of aromatic nitrogens is 1. The van der Waals surface area contributed by atoms with Crippen LogP contribution in [0.15, 0.2) is 12.1 Å². The Kier molecular flexibility index (Phi) is 2.04. The Morgan fingerprint density at radius 2 is 2.09 bits per heavy atom. The fourth-order valence-corrected chi connectivity index (χ4v) is 0.658. The van der Waals surface area contributed by atoms with E-state index >= 15 is 0 Å². The molecular formula is C6H2ClF3N. The number of hydrogen-bond acceptors (Lipinski definition) is 1. The third-order valence-electron chi connectivity index (χ3n) is 0.928. The maximum Gasteiger partial charge on any atom is 0.434 e. The molecule has 1 radical (unpaired) electrons. The van der Waals surface area contributed by atoms with Crippen LogP contribution in [0.1, 0.15) is 5.69 Å². The van der Waals surface area contributed by atoms with Crippen molar-refractivity contribution < 1.29 is 13.2 Å². The molecule has 0 saturated carbocycles. The lowest BCUT2D eigenvalue weighted by Gasteiger charge is -2.03. The van der Waals surface area contributed by atoms with Gasteiger partial charge in [-0.1, -0.05) is 11.6 Å². The Hall–Kier alpha value is -0.770. The summed E-state index contributed by atoms with van der Waals surface area (Å²) in [6, 6.07) is 4.24. The molecule has 0 N–H and O–H groups in total. The van der Waals surface area contributed by atoms with Gasteiger partial charge in [0.1, 0.15) is 5.15 Å². The molecule has 0 atom stereocenters. The van der Waals surface area contributed by atoms with Crippen molar-refractivity contribution in [3.63, 3.8) is 0 Å². The number of pyridine rings is 1. The van der Waals surface area contributed by atoms with Crippen LogP contribution >= 0.6 is 11.6 Å². The summed E-state index contributed by atoms with van der Waals surface area (Å²) in [6.07, 6.45) is -4.47. The zero-order valence-corrected chi connectivity index (χ0v) is 5.87. The van der Waals surface area contributed by atoms with E-state index in [9.17, 15) is 13.2 Å². The van der Waals surface area contributed by atoms with Gasteiger partial charge in [-0.15, -0.1) is 0 Å². The molecule has 1 rings (SSSR count). The molecule has 1 heterocycles. The van der Waals surface area contributed by atoms with Crippen LogP contribution < -0.4 is 0 Å². The lowest BCUT2D eigenvalue weighted by atomic mass is 10.3. The first kappa shape index (κ1) is 8.33. The first-order chi connectivity index (χ1) is 5.00. The third-order valence-corrected chi connectivity index (χ3v) is 1.14. The molecule has 0 fully saturated rings. The van der Waals surface area contributed by atoms with Crippen molar-refractivity contribution in [3.8, 4) is 0 Å². The van der Waals surface area contributed by atoms with Crippen LogP contribution in [0.2, 0.25) is 5.15 Å². The summed E-state index contributed by atoms with van der Waals surface area (Å²) < 4.78 is 35.4. The van der Waals surface area contributed by atoms with E-state index in [1.54, 1.807) is 0 Å². The van der Waals surface area contributed by atoms with Crippen molar-refractivity contribution in [1.82, 2.24) is 4.98 Å². The van der Waals surface area contributed by atoms with Gasteiger partial charge in [0.05, 0.1) is 0 Å². The van der Waals surface area contributed by atoms with E-state index < -0.39 is 11.9 Å². The average molecular weight is 181 g/mol. The van der Waals surface area contributed by atoms with Crippen LogP contribution in [0, 0.1) is 6.07 Å². The largest absolute Gasteiger partial charge is 0.434 e. The maximum absolute atomic E-state index is 11.8. The SMILES string of the molecule is FC(F)(F)c1[c]ccc(Cl)n1. The molecule has 1 nitrogen and oxygen atoms in total. The summed E-state index contributed by atoms with van der Waals surface area (Å²) in [7, 11) is 0. The van der Waals surface area contributed by atoms with Gasteiger partial charge in [0.25, 0.3) is 0 Å². The molecule has 5 heteroatoms. The summed E-state index contributed by atoms with van der Waals surface area (Å²) >= 11 is 5.22. The monoisotopic (exact) mass is 180 g/mol. The van der Waals surface area contributed by atoms with Crippen LogP contribution in [0.5, 0.6) is 0 Å². The van der Waals surface area contributed by atoms with Crippen molar-refractivity contribution in [2.24, 2.45) is 0 Å². The molecule has 1 aromatic rings. The van der Waals surface area contributed by atoms with Crippen molar-refractivity contribution in [2.45, 2.75) is 6.18 Å². The second-order valence-electron chi connectivity index (χ2n) is 1.76. The topological polar surface area (TPSA) is 12.9 Å². The van der Waals surface area contributed by atoms with Gasteiger partial charge >= 0.3 is 6.18 Å². The first-order valence-corrected chi connectivity index (χ1v) is 2.99. The molecule has 11 heavy (non-hydrogen) atoms. The lowest BCUT2D eigenvalue weighted by molar-refractivity contribution is -0.141. The standard InChI is InChI=1S/C6H2ClF3N/c7-5-3-1-2-4(11-5)6(8,9)10/h1,3H. The fraction of sp³-hybridized carbons (Fsp3) is 0.167. The molecule has 0 bridgehead atoms. The van der Waals surface area contributed by atoms with Crippen LogP contribution in [0.3, 0.4) is 0 Å². The van der Waals surface area contributed by atoms with E-state index in [0.29, 0.717) is 0 Å². The summed E-state index contributed by atoms with van der Waals surface area (Å²) in [5.74, 6) is 0. The summed E-state index contributed by atoms with van der Waals surface area (Å²) in [5.41, 5.74) is -1.09. The Morgan fingerprint density at radius 3 is 2.45 bits per heavy atom. The molecule has 0 aliphatic rings. The summed E-state index contributed by atoms with van der Waals surface area (Å²) in [5, 5.41) is -0.184. The highest BCUT2D eigenvalue weighted by Gasteiger charge is 2.32. The molecule has 0 amide bonds. The van der Waals surface area contributed by atoms with Gasteiger partial charge in [0.2, 0.25) is 0 Å². The average Bonchev–Trinajstić information content (AvgIpc) is 1.86. The zero-order chi connectivity index (χ0) is 8.48. The highest BCUT2D eigenvalue weighted by atomic mass is 35.5. The smallest absolute Gasteiger partial charge is 0.231 e. The predicted molar refractivity (Wildman–Crippen MR) is 33.1 cm³/mol. The number of nitrogens with zero attached hydrogens (tertiary/aromatic N) is 1. The minimum atomic E-state index is -4.47. The molecule has 0 aromatic carbocycles. The van der Waals surface area contributed by atoms with Crippen LogP contribution in [-0.4, -0.2) is 4.98 Å². The van der Waals surface area contributed by atoms with Gasteiger partial charge in [0.15, 0.2) is 5.69 Å².